The maximum absolute atomic E-state index is 13.5. The molecule has 1 N–H and O–H groups in total. The molecule has 0 aliphatic rings. The predicted molar refractivity (Wildman–Crippen MR) is 68.1 cm³/mol. The van der Waals surface area contributed by atoms with Crippen molar-refractivity contribution in [2.24, 2.45) is 0 Å². The minimum absolute atomic E-state index is 0.130. The maximum Gasteiger partial charge on any atom is 0.357 e. The van der Waals surface area contributed by atoms with Gasteiger partial charge >= 0.3 is 5.97 Å². The SMILES string of the molecule is COC(=O)c1csc(Nc2c(F)cccc2Cl)n1. The van der Waals surface area contributed by atoms with Gasteiger partial charge in [0.05, 0.1) is 17.8 Å². The van der Waals surface area contributed by atoms with Crippen LogP contribution in [0.1, 0.15) is 10.5 Å². The quantitative estimate of drug-likeness (QED) is 0.878. The first-order valence-corrected chi connectivity index (χ1v) is 6.12. The Morgan fingerprint density at radius 1 is 1.56 bits per heavy atom. The van der Waals surface area contributed by atoms with Crippen LogP contribution in [-0.2, 0) is 4.74 Å². The van der Waals surface area contributed by atoms with E-state index in [-0.39, 0.29) is 16.4 Å². The summed E-state index contributed by atoms with van der Waals surface area (Å²) >= 11 is 7.02. The zero-order valence-electron chi connectivity index (χ0n) is 9.24. The van der Waals surface area contributed by atoms with Gasteiger partial charge in [0, 0.05) is 5.38 Å². The molecular formula is C11H8ClFN2O2S. The standard InChI is InChI=1S/C11H8ClFN2O2S/c1-17-10(16)8-5-18-11(14-8)15-9-6(12)3-2-4-7(9)13/h2-5H,1H3,(H,14,15). The Balaban J connectivity index is 2.24. The van der Waals surface area contributed by atoms with Crippen LogP contribution < -0.4 is 5.32 Å². The monoisotopic (exact) mass is 286 g/mol. The number of esters is 1. The van der Waals surface area contributed by atoms with Crippen LogP contribution in [-0.4, -0.2) is 18.1 Å². The van der Waals surface area contributed by atoms with Crippen LogP contribution in [0.4, 0.5) is 15.2 Å². The van der Waals surface area contributed by atoms with E-state index in [2.05, 4.69) is 15.0 Å². The number of hydrogen-bond donors (Lipinski definition) is 1. The number of methoxy groups -OCH3 is 1. The summed E-state index contributed by atoms with van der Waals surface area (Å²) in [6.07, 6.45) is 0. The van der Waals surface area contributed by atoms with E-state index in [1.165, 1.54) is 24.6 Å². The first-order chi connectivity index (χ1) is 8.61. The second-order valence-corrected chi connectivity index (χ2v) is 4.52. The Morgan fingerprint density at radius 3 is 3.00 bits per heavy atom. The molecule has 0 bridgehead atoms. The molecular weight excluding hydrogens is 279 g/mol. The van der Waals surface area contributed by atoms with E-state index >= 15 is 0 Å². The minimum atomic E-state index is -0.543. The van der Waals surface area contributed by atoms with Gasteiger partial charge in [-0.2, -0.15) is 0 Å². The molecule has 4 nitrogen and oxygen atoms in total. The molecule has 0 aliphatic heterocycles. The molecule has 0 saturated heterocycles. The Kier molecular flexibility index (Phi) is 3.78. The number of rotatable bonds is 3. The lowest BCUT2D eigenvalue weighted by Crippen LogP contribution is -2.02. The molecule has 2 aromatic rings. The van der Waals surface area contributed by atoms with Crippen molar-refractivity contribution >= 4 is 39.7 Å². The Bertz CT molecular complexity index is 568. The number of nitrogens with zero attached hydrogens (tertiary/aromatic N) is 1. The van der Waals surface area contributed by atoms with Gasteiger partial charge < -0.3 is 10.1 Å². The Labute approximate surface area is 111 Å². The van der Waals surface area contributed by atoms with Crippen molar-refractivity contribution in [3.8, 4) is 0 Å². The van der Waals surface area contributed by atoms with Gasteiger partial charge in [-0.05, 0) is 12.1 Å². The lowest BCUT2D eigenvalue weighted by molar-refractivity contribution is 0.0595. The highest BCUT2D eigenvalue weighted by Crippen LogP contribution is 2.29. The van der Waals surface area contributed by atoms with Crippen molar-refractivity contribution in [1.82, 2.24) is 4.98 Å². The van der Waals surface area contributed by atoms with Gasteiger partial charge in [0.1, 0.15) is 5.82 Å². The number of halogens is 2. The zero-order valence-corrected chi connectivity index (χ0v) is 10.8. The molecule has 0 aliphatic carbocycles. The number of benzene rings is 1. The van der Waals surface area contributed by atoms with Crippen LogP contribution in [0.5, 0.6) is 0 Å². The van der Waals surface area contributed by atoms with Crippen molar-refractivity contribution in [3.63, 3.8) is 0 Å². The number of nitrogens with one attached hydrogen (secondary N) is 1. The summed E-state index contributed by atoms with van der Waals surface area (Å²) in [7, 11) is 1.27. The van der Waals surface area contributed by atoms with Crippen LogP contribution in [0.15, 0.2) is 23.6 Å². The molecule has 0 amide bonds. The lowest BCUT2D eigenvalue weighted by Gasteiger charge is -2.05. The van der Waals surface area contributed by atoms with Crippen molar-refractivity contribution < 1.29 is 13.9 Å². The number of carbonyl (C=O) groups excluding carboxylic acids is 1. The van der Waals surface area contributed by atoms with E-state index in [1.54, 1.807) is 6.07 Å². The van der Waals surface area contributed by atoms with Gasteiger partial charge in [-0.25, -0.2) is 14.2 Å². The fraction of sp³-hybridized carbons (Fsp3) is 0.0909. The average Bonchev–Trinajstić information content (AvgIpc) is 2.81. The molecule has 1 aromatic heterocycles. The van der Waals surface area contributed by atoms with Crippen LogP contribution in [0.25, 0.3) is 0 Å². The highest BCUT2D eigenvalue weighted by molar-refractivity contribution is 7.14. The molecule has 0 saturated carbocycles. The molecule has 1 aromatic carbocycles. The second kappa shape index (κ2) is 5.32. The molecule has 2 rings (SSSR count). The number of aromatic nitrogens is 1. The summed E-state index contributed by atoms with van der Waals surface area (Å²) in [5.41, 5.74) is 0.294. The third-order valence-corrected chi connectivity index (χ3v) is 3.17. The van der Waals surface area contributed by atoms with Crippen molar-refractivity contribution in [3.05, 3.63) is 40.1 Å². The third kappa shape index (κ3) is 2.60. The third-order valence-electron chi connectivity index (χ3n) is 2.09. The normalized spacial score (nSPS) is 10.2. The number of ether oxygens (including phenoxy) is 1. The van der Waals surface area contributed by atoms with Gasteiger partial charge in [-0.3, -0.25) is 0 Å². The summed E-state index contributed by atoms with van der Waals surface area (Å²) in [4.78, 5) is 15.2. The number of hydrogen-bond acceptors (Lipinski definition) is 5. The van der Waals surface area contributed by atoms with E-state index < -0.39 is 11.8 Å². The van der Waals surface area contributed by atoms with Gasteiger partial charge in [0.25, 0.3) is 0 Å². The predicted octanol–water partition coefficient (Wildman–Crippen LogP) is 3.47. The van der Waals surface area contributed by atoms with Gasteiger partial charge in [0.2, 0.25) is 0 Å². The summed E-state index contributed by atoms with van der Waals surface area (Å²) in [6, 6.07) is 4.34. The molecule has 0 unspecified atom stereocenters. The van der Waals surface area contributed by atoms with Crippen molar-refractivity contribution in [2.45, 2.75) is 0 Å². The van der Waals surface area contributed by atoms with E-state index in [1.807, 2.05) is 0 Å². The molecule has 0 atom stereocenters. The second-order valence-electron chi connectivity index (χ2n) is 3.25. The lowest BCUT2D eigenvalue weighted by atomic mass is 10.3. The molecule has 0 fully saturated rings. The van der Waals surface area contributed by atoms with E-state index in [0.29, 0.717) is 5.13 Å². The number of anilines is 2. The molecule has 94 valence electrons. The van der Waals surface area contributed by atoms with E-state index in [0.717, 1.165) is 11.3 Å². The first kappa shape index (κ1) is 12.8. The van der Waals surface area contributed by atoms with Crippen LogP contribution in [0.2, 0.25) is 5.02 Å². The minimum Gasteiger partial charge on any atom is -0.464 e. The van der Waals surface area contributed by atoms with Crippen LogP contribution >= 0.6 is 22.9 Å². The van der Waals surface area contributed by atoms with Crippen molar-refractivity contribution in [2.75, 3.05) is 12.4 Å². The van der Waals surface area contributed by atoms with Crippen LogP contribution in [0.3, 0.4) is 0 Å². The zero-order chi connectivity index (χ0) is 13.1. The first-order valence-electron chi connectivity index (χ1n) is 4.86. The number of carbonyl (C=O) groups is 1. The van der Waals surface area contributed by atoms with Crippen molar-refractivity contribution in [1.29, 1.82) is 0 Å². The van der Waals surface area contributed by atoms with E-state index in [4.69, 9.17) is 11.6 Å². The van der Waals surface area contributed by atoms with Crippen LogP contribution in [0, 0.1) is 5.82 Å². The smallest absolute Gasteiger partial charge is 0.357 e. The fourth-order valence-electron chi connectivity index (χ4n) is 1.25. The highest BCUT2D eigenvalue weighted by atomic mass is 35.5. The van der Waals surface area contributed by atoms with Gasteiger partial charge in [-0.15, -0.1) is 11.3 Å². The topological polar surface area (TPSA) is 51.2 Å². The maximum atomic E-state index is 13.5. The number of para-hydroxylation sites is 1. The number of thiazole rings is 1. The molecule has 1 heterocycles. The Hall–Kier alpha value is -1.66. The highest BCUT2D eigenvalue weighted by Gasteiger charge is 2.13. The largest absolute Gasteiger partial charge is 0.464 e. The van der Waals surface area contributed by atoms with E-state index in [9.17, 15) is 9.18 Å². The molecule has 0 spiro atoms. The fourth-order valence-corrected chi connectivity index (χ4v) is 2.15. The summed E-state index contributed by atoms with van der Waals surface area (Å²) < 4.78 is 18.0. The van der Waals surface area contributed by atoms with Gasteiger partial charge in [0.15, 0.2) is 10.8 Å². The molecule has 18 heavy (non-hydrogen) atoms. The summed E-state index contributed by atoms with van der Waals surface area (Å²) in [5.74, 6) is -1.03. The summed E-state index contributed by atoms with van der Waals surface area (Å²) in [5, 5.41) is 4.85. The average molecular weight is 287 g/mol. The summed E-state index contributed by atoms with van der Waals surface area (Å²) in [6.45, 7) is 0. The molecule has 7 heteroatoms. The van der Waals surface area contributed by atoms with Gasteiger partial charge in [-0.1, -0.05) is 17.7 Å². The molecule has 0 radical (unpaired) electrons. The Morgan fingerprint density at radius 2 is 2.33 bits per heavy atom.